The third-order valence-electron chi connectivity index (χ3n) is 1.37. The van der Waals surface area contributed by atoms with Crippen molar-refractivity contribution < 1.29 is 4.42 Å². The molecule has 1 aromatic rings. The summed E-state index contributed by atoms with van der Waals surface area (Å²) in [4.78, 5) is 0. The van der Waals surface area contributed by atoms with Crippen LogP contribution in [0, 0.1) is 12.3 Å². The zero-order chi connectivity index (χ0) is 8.81. The average Bonchev–Trinajstić information content (AvgIpc) is 2.45. The summed E-state index contributed by atoms with van der Waals surface area (Å²) in [5, 5.41) is 3.16. The van der Waals surface area contributed by atoms with Crippen LogP contribution in [0.2, 0.25) is 0 Å². The number of rotatable bonds is 4. The SMILES string of the molecule is C#CCCNCc1ccc(Br)o1. The largest absolute Gasteiger partial charge is 0.453 e. The van der Waals surface area contributed by atoms with Gasteiger partial charge in [0.25, 0.3) is 0 Å². The van der Waals surface area contributed by atoms with Gasteiger partial charge in [0.05, 0.1) is 6.54 Å². The lowest BCUT2D eigenvalue weighted by Gasteiger charge is -1.97. The van der Waals surface area contributed by atoms with Crippen molar-refractivity contribution in [2.24, 2.45) is 0 Å². The molecular weight excluding hydrogens is 218 g/mol. The number of hydrogen-bond acceptors (Lipinski definition) is 2. The van der Waals surface area contributed by atoms with Crippen LogP contribution in [0.25, 0.3) is 0 Å². The molecule has 64 valence electrons. The van der Waals surface area contributed by atoms with Gasteiger partial charge in [-0.1, -0.05) is 0 Å². The Morgan fingerprint density at radius 1 is 1.58 bits per heavy atom. The van der Waals surface area contributed by atoms with Gasteiger partial charge in [-0.3, -0.25) is 0 Å². The van der Waals surface area contributed by atoms with Crippen LogP contribution in [0.5, 0.6) is 0 Å². The van der Waals surface area contributed by atoms with E-state index in [9.17, 15) is 0 Å². The molecule has 1 rings (SSSR count). The zero-order valence-electron chi connectivity index (χ0n) is 6.64. The van der Waals surface area contributed by atoms with E-state index in [4.69, 9.17) is 10.8 Å². The first kappa shape index (κ1) is 9.37. The van der Waals surface area contributed by atoms with Crippen LogP contribution in [0.4, 0.5) is 0 Å². The second-order valence-electron chi connectivity index (χ2n) is 2.34. The molecular formula is C9H10BrNO. The molecule has 0 aliphatic heterocycles. The lowest BCUT2D eigenvalue weighted by molar-refractivity contribution is 0.467. The van der Waals surface area contributed by atoms with E-state index in [1.54, 1.807) is 0 Å². The van der Waals surface area contributed by atoms with Crippen LogP contribution >= 0.6 is 15.9 Å². The van der Waals surface area contributed by atoms with Crippen molar-refractivity contribution in [1.82, 2.24) is 5.32 Å². The molecule has 1 heterocycles. The van der Waals surface area contributed by atoms with Crippen LogP contribution in [-0.4, -0.2) is 6.54 Å². The van der Waals surface area contributed by atoms with E-state index in [2.05, 4.69) is 27.2 Å². The second-order valence-corrected chi connectivity index (χ2v) is 3.12. The Morgan fingerprint density at radius 2 is 2.42 bits per heavy atom. The molecule has 2 nitrogen and oxygen atoms in total. The molecule has 0 aromatic carbocycles. The van der Waals surface area contributed by atoms with Gasteiger partial charge in [-0.2, -0.15) is 0 Å². The summed E-state index contributed by atoms with van der Waals surface area (Å²) in [6.07, 6.45) is 5.84. The number of furan rings is 1. The van der Waals surface area contributed by atoms with Crippen LogP contribution in [-0.2, 0) is 6.54 Å². The molecule has 1 N–H and O–H groups in total. The molecule has 0 aliphatic rings. The minimum atomic E-state index is 0.729. The number of halogens is 1. The molecule has 0 spiro atoms. The van der Waals surface area contributed by atoms with Gasteiger partial charge in [-0.05, 0) is 28.1 Å². The van der Waals surface area contributed by atoms with Gasteiger partial charge in [-0.25, -0.2) is 0 Å². The Kier molecular flexibility index (Phi) is 3.92. The van der Waals surface area contributed by atoms with Gasteiger partial charge < -0.3 is 9.73 Å². The summed E-state index contributed by atoms with van der Waals surface area (Å²) in [7, 11) is 0. The Labute approximate surface area is 80.5 Å². The predicted molar refractivity (Wildman–Crippen MR) is 51.6 cm³/mol. The van der Waals surface area contributed by atoms with E-state index >= 15 is 0 Å². The van der Waals surface area contributed by atoms with Gasteiger partial charge in [-0.15, -0.1) is 12.3 Å². The van der Waals surface area contributed by atoms with Crippen molar-refractivity contribution in [3.8, 4) is 12.3 Å². The molecule has 0 bridgehead atoms. The number of terminal acetylenes is 1. The van der Waals surface area contributed by atoms with E-state index in [1.807, 2.05) is 12.1 Å². The Bertz CT molecular complexity index is 274. The minimum absolute atomic E-state index is 0.729. The van der Waals surface area contributed by atoms with Gasteiger partial charge >= 0.3 is 0 Å². The highest BCUT2D eigenvalue weighted by Crippen LogP contribution is 2.13. The standard InChI is InChI=1S/C9H10BrNO/c1-2-3-6-11-7-8-4-5-9(10)12-8/h1,4-5,11H,3,6-7H2. The van der Waals surface area contributed by atoms with E-state index < -0.39 is 0 Å². The normalized spacial score (nSPS) is 9.67. The highest BCUT2D eigenvalue weighted by Gasteiger charge is 1.96. The van der Waals surface area contributed by atoms with Gasteiger partial charge in [0.2, 0.25) is 0 Å². The number of nitrogens with one attached hydrogen (secondary N) is 1. The van der Waals surface area contributed by atoms with Crippen molar-refractivity contribution in [2.45, 2.75) is 13.0 Å². The van der Waals surface area contributed by atoms with E-state index in [0.29, 0.717) is 0 Å². The van der Waals surface area contributed by atoms with Crippen molar-refractivity contribution in [1.29, 1.82) is 0 Å². The molecule has 0 unspecified atom stereocenters. The monoisotopic (exact) mass is 227 g/mol. The maximum absolute atomic E-state index is 5.27. The first-order chi connectivity index (χ1) is 5.83. The molecule has 0 atom stereocenters. The highest BCUT2D eigenvalue weighted by molar-refractivity contribution is 9.10. The third kappa shape index (κ3) is 3.12. The molecule has 0 saturated heterocycles. The first-order valence-electron chi connectivity index (χ1n) is 3.71. The van der Waals surface area contributed by atoms with Crippen LogP contribution in [0.3, 0.4) is 0 Å². The second kappa shape index (κ2) is 5.02. The molecule has 3 heteroatoms. The van der Waals surface area contributed by atoms with Gasteiger partial charge in [0, 0.05) is 13.0 Å². The molecule has 0 fully saturated rings. The quantitative estimate of drug-likeness (QED) is 0.631. The lowest BCUT2D eigenvalue weighted by Crippen LogP contribution is -2.13. The number of hydrogen-bond donors (Lipinski definition) is 1. The van der Waals surface area contributed by atoms with Crippen molar-refractivity contribution in [3.05, 3.63) is 22.6 Å². The van der Waals surface area contributed by atoms with E-state index in [1.165, 1.54) is 0 Å². The molecule has 0 radical (unpaired) electrons. The molecule has 12 heavy (non-hydrogen) atoms. The fraction of sp³-hybridized carbons (Fsp3) is 0.333. The summed E-state index contributed by atoms with van der Waals surface area (Å²) >= 11 is 3.23. The topological polar surface area (TPSA) is 25.2 Å². The molecule has 0 aliphatic carbocycles. The summed E-state index contributed by atoms with van der Waals surface area (Å²) in [5.74, 6) is 3.47. The summed E-state index contributed by atoms with van der Waals surface area (Å²) in [5.41, 5.74) is 0. The van der Waals surface area contributed by atoms with Crippen LogP contribution in [0.15, 0.2) is 21.2 Å². The summed E-state index contributed by atoms with van der Waals surface area (Å²) < 4.78 is 6.03. The van der Waals surface area contributed by atoms with Crippen molar-refractivity contribution >= 4 is 15.9 Å². The maximum atomic E-state index is 5.27. The molecule has 0 amide bonds. The lowest BCUT2D eigenvalue weighted by atomic mass is 10.4. The Balaban J connectivity index is 2.21. The van der Waals surface area contributed by atoms with Crippen LogP contribution < -0.4 is 5.32 Å². The third-order valence-corrected chi connectivity index (χ3v) is 1.80. The summed E-state index contributed by atoms with van der Waals surface area (Å²) in [6.45, 7) is 1.56. The van der Waals surface area contributed by atoms with E-state index in [-0.39, 0.29) is 0 Å². The van der Waals surface area contributed by atoms with Gasteiger partial charge in [0.1, 0.15) is 5.76 Å². The molecule has 1 aromatic heterocycles. The first-order valence-corrected chi connectivity index (χ1v) is 4.50. The zero-order valence-corrected chi connectivity index (χ0v) is 8.23. The van der Waals surface area contributed by atoms with Gasteiger partial charge in [0.15, 0.2) is 4.67 Å². The summed E-state index contributed by atoms with van der Waals surface area (Å²) in [6, 6.07) is 3.80. The minimum Gasteiger partial charge on any atom is -0.453 e. The van der Waals surface area contributed by atoms with Crippen LogP contribution in [0.1, 0.15) is 12.2 Å². The van der Waals surface area contributed by atoms with Crippen molar-refractivity contribution in [3.63, 3.8) is 0 Å². The fourth-order valence-corrected chi connectivity index (χ4v) is 1.16. The molecule has 0 saturated carbocycles. The highest BCUT2D eigenvalue weighted by atomic mass is 79.9. The predicted octanol–water partition coefficient (Wildman–Crippen LogP) is 2.16. The Morgan fingerprint density at radius 3 is 3.00 bits per heavy atom. The fourth-order valence-electron chi connectivity index (χ4n) is 0.819. The van der Waals surface area contributed by atoms with E-state index in [0.717, 1.165) is 29.9 Å². The smallest absolute Gasteiger partial charge is 0.169 e. The average molecular weight is 228 g/mol. The van der Waals surface area contributed by atoms with Crippen molar-refractivity contribution in [2.75, 3.05) is 6.54 Å². The Hall–Kier alpha value is -0.720. The maximum Gasteiger partial charge on any atom is 0.169 e.